The van der Waals surface area contributed by atoms with Crippen LogP contribution in [0.5, 0.6) is 0 Å². The minimum Gasteiger partial charge on any atom is -0.468 e. The summed E-state index contributed by atoms with van der Waals surface area (Å²) in [6, 6.07) is 0.490. The molecule has 0 radical (unpaired) electrons. The molecule has 1 unspecified atom stereocenters. The molecule has 118 valence electrons. The third kappa shape index (κ3) is 6.68. The van der Waals surface area contributed by atoms with E-state index in [4.69, 9.17) is 14.2 Å². The molecule has 1 saturated carbocycles. The van der Waals surface area contributed by atoms with Crippen LogP contribution in [0.3, 0.4) is 0 Å². The summed E-state index contributed by atoms with van der Waals surface area (Å²) in [5.41, 5.74) is -0.550. The van der Waals surface area contributed by atoms with Gasteiger partial charge in [-0.15, -0.1) is 0 Å². The summed E-state index contributed by atoms with van der Waals surface area (Å²) >= 11 is 0. The number of hydrogen-bond acceptors (Lipinski definition) is 5. The molecule has 1 fully saturated rings. The number of hydrogen-bond donors (Lipinski definition) is 1. The van der Waals surface area contributed by atoms with Gasteiger partial charge in [-0.25, -0.2) is 0 Å². The lowest BCUT2D eigenvalue weighted by Crippen LogP contribution is -2.51. The maximum atomic E-state index is 11.9. The van der Waals surface area contributed by atoms with Gasteiger partial charge in [0, 0.05) is 33.0 Å². The molecule has 5 nitrogen and oxygen atoms in total. The first-order valence-electron chi connectivity index (χ1n) is 7.55. The maximum Gasteiger partial charge on any atom is 0.325 e. The minimum atomic E-state index is -0.550. The molecule has 0 aliphatic heterocycles. The lowest BCUT2D eigenvalue weighted by Gasteiger charge is -2.28. The van der Waals surface area contributed by atoms with Crippen molar-refractivity contribution >= 4 is 5.97 Å². The Morgan fingerprint density at radius 3 is 2.45 bits per heavy atom. The quantitative estimate of drug-likeness (QED) is 0.439. The van der Waals surface area contributed by atoms with Gasteiger partial charge in [-0.3, -0.25) is 10.1 Å². The zero-order chi connectivity index (χ0) is 14.8. The molecule has 0 aromatic heterocycles. The van der Waals surface area contributed by atoms with Crippen LogP contribution in [0.2, 0.25) is 0 Å². The van der Waals surface area contributed by atoms with Crippen LogP contribution in [0.4, 0.5) is 0 Å². The summed E-state index contributed by atoms with van der Waals surface area (Å²) in [5, 5.41) is 3.40. The first kappa shape index (κ1) is 17.4. The molecule has 20 heavy (non-hydrogen) atoms. The zero-order valence-corrected chi connectivity index (χ0v) is 13.1. The predicted octanol–water partition coefficient (Wildman–Crippen LogP) is 1.89. The van der Waals surface area contributed by atoms with Crippen LogP contribution in [-0.2, 0) is 19.0 Å². The maximum absolute atomic E-state index is 11.9. The number of methoxy groups -OCH3 is 2. The first-order valence-corrected chi connectivity index (χ1v) is 7.55. The number of nitrogens with one attached hydrogen (secondary N) is 1. The van der Waals surface area contributed by atoms with E-state index in [1.165, 1.54) is 7.11 Å². The summed E-state index contributed by atoms with van der Waals surface area (Å²) < 4.78 is 15.4. The Kier molecular flexibility index (Phi) is 8.11. The molecule has 0 bridgehead atoms. The van der Waals surface area contributed by atoms with Crippen molar-refractivity contribution in [1.82, 2.24) is 5.32 Å². The molecule has 5 heteroatoms. The monoisotopic (exact) mass is 287 g/mol. The molecule has 0 spiro atoms. The highest BCUT2D eigenvalue weighted by Gasteiger charge is 2.38. The van der Waals surface area contributed by atoms with Crippen LogP contribution >= 0.6 is 0 Å². The van der Waals surface area contributed by atoms with Crippen LogP contribution in [0, 0.1) is 0 Å². The van der Waals surface area contributed by atoms with Gasteiger partial charge in [0.1, 0.15) is 5.54 Å². The molecule has 1 atom stereocenters. The molecule has 0 heterocycles. The average molecular weight is 287 g/mol. The van der Waals surface area contributed by atoms with Crippen molar-refractivity contribution in [3.8, 4) is 0 Å². The SMILES string of the molecule is COCCCOCCCCC(C)(NC1CC1)C(=O)OC. The van der Waals surface area contributed by atoms with Crippen LogP contribution in [0.25, 0.3) is 0 Å². The van der Waals surface area contributed by atoms with Crippen molar-refractivity contribution in [3.05, 3.63) is 0 Å². The van der Waals surface area contributed by atoms with E-state index in [0.717, 1.165) is 58.3 Å². The molecule has 0 saturated heterocycles. The van der Waals surface area contributed by atoms with Gasteiger partial charge in [0.2, 0.25) is 0 Å². The van der Waals surface area contributed by atoms with E-state index in [1.54, 1.807) is 7.11 Å². The summed E-state index contributed by atoms with van der Waals surface area (Å²) in [5.74, 6) is -0.162. The number of esters is 1. The third-order valence-corrected chi connectivity index (χ3v) is 3.59. The summed E-state index contributed by atoms with van der Waals surface area (Å²) in [6.07, 6.45) is 5.96. The lowest BCUT2D eigenvalue weighted by molar-refractivity contribution is -0.148. The first-order chi connectivity index (χ1) is 9.62. The van der Waals surface area contributed by atoms with E-state index < -0.39 is 5.54 Å². The van der Waals surface area contributed by atoms with Crippen LogP contribution in [-0.4, -0.2) is 51.6 Å². The Bertz CT molecular complexity index is 281. The van der Waals surface area contributed by atoms with Gasteiger partial charge < -0.3 is 14.2 Å². The Labute approximate surface area is 122 Å². The van der Waals surface area contributed by atoms with Crippen LogP contribution in [0.15, 0.2) is 0 Å². The Balaban J connectivity index is 2.13. The van der Waals surface area contributed by atoms with Crippen LogP contribution < -0.4 is 5.32 Å². The Morgan fingerprint density at radius 2 is 1.85 bits per heavy atom. The highest BCUT2D eigenvalue weighted by atomic mass is 16.5. The molecule has 0 aromatic rings. The second-order valence-corrected chi connectivity index (χ2v) is 5.66. The van der Waals surface area contributed by atoms with E-state index in [0.29, 0.717) is 6.04 Å². The second-order valence-electron chi connectivity index (χ2n) is 5.66. The fourth-order valence-electron chi connectivity index (χ4n) is 2.23. The van der Waals surface area contributed by atoms with E-state index in [-0.39, 0.29) is 5.97 Å². The number of rotatable bonds is 12. The highest BCUT2D eigenvalue weighted by molar-refractivity contribution is 5.80. The van der Waals surface area contributed by atoms with Gasteiger partial charge in [-0.1, -0.05) is 0 Å². The van der Waals surface area contributed by atoms with Crippen molar-refractivity contribution < 1.29 is 19.0 Å². The molecule has 0 aromatic carbocycles. The Morgan fingerprint density at radius 1 is 1.15 bits per heavy atom. The standard InChI is InChI=1S/C15H29NO4/c1-15(14(17)19-3,16-13-7-8-13)9-4-5-11-20-12-6-10-18-2/h13,16H,4-12H2,1-3H3. The predicted molar refractivity (Wildman–Crippen MR) is 77.7 cm³/mol. The number of carbonyl (C=O) groups is 1. The molecule has 1 aliphatic carbocycles. The average Bonchev–Trinajstić information content (AvgIpc) is 3.24. The second kappa shape index (κ2) is 9.32. The van der Waals surface area contributed by atoms with E-state index in [1.807, 2.05) is 6.92 Å². The topological polar surface area (TPSA) is 56.8 Å². The highest BCUT2D eigenvalue weighted by Crippen LogP contribution is 2.26. The third-order valence-electron chi connectivity index (χ3n) is 3.59. The minimum absolute atomic E-state index is 0.162. The van der Waals surface area contributed by atoms with Gasteiger partial charge in [-0.2, -0.15) is 0 Å². The van der Waals surface area contributed by atoms with Crippen molar-refractivity contribution in [2.24, 2.45) is 0 Å². The van der Waals surface area contributed by atoms with Crippen LogP contribution in [0.1, 0.15) is 45.4 Å². The number of carbonyl (C=O) groups excluding carboxylic acids is 1. The zero-order valence-electron chi connectivity index (χ0n) is 13.1. The normalized spacial score (nSPS) is 17.8. The van der Waals surface area contributed by atoms with Crippen molar-refractivity contribution in [1.29, 1.82) is 0 Å². The van der Waals surface area contributed by atoms with Gasteiger partial charge in [0.15, 0.2) is 0 Å². The van der Waals surface area contributed by atoms with E-state index in [2.05, 4.69) is 5.32 Å². The van der Waals surface area contributed by atoms with Gasteiger partial charge in [0.05, 0.1) is 7.11 Å². The molecule has 1 N–H and O–H groups in total. The molecule has 0 amide bonds. The summed E-state index contributed by atoms with van der Waals surface area (Å²) in [6.45, 7) is 4.16. The van der Waals surface area contributed by atoms with E-state index >= 15 is 0 Å². The Hall–Kier alpha value is -0.650. The van der Waals surface area contributed by atoms with Gasteiger partial charge in [0.25, 0.3) is 0 Å². The lowest BCUT2D eigenvalue weighted by atomic mass is 9.94. The molecular formula is C15H29NO4. The van der Waals surface area contributed by atoms with Gasteiger partial charge in [-0.05, 0) is 45.4 Å². The smallest absolute Gasteiger partial charge is 0.325 e. The fourth-order valence-corrected chi connectivity index (χ4v) is 2.23. The summed E-state index contributed by atoms with van der Waals surface area (Å²) in [7, 11) is 3.15. The number of ether oxygens (including phenoxy) is 3. The largest absolute Gasteiger partial charge is 0.468 e. The van der Waals surface area contributed by atoms with Crippen molar-refractivity contribution in [2.75, 3.05) is 34.0 Å². The molecule has 1 rings (SSSR count). The van der Waals surface area contributed by atoms with Crippen molar-refractivity contribution in [2.45, 2.75) is 57.0 Å². The van der Waals surface area contributed by atoms with Gasteiger partial charge >= 0.3 is 5.97 Å². The number of unbranched alkanes of at least 4 members (excludes halogenated alkanes) is 1. The molecule has 1 aliphatic rings. The fraction of sp³-hybridized carbons (Fsp3) is 0.933. The van der Waals surface area contributed by atoms with Crippen molar-refractivity contribution in [3.63, 3.8) is 0 Å². The summed E-state index contributed by atoms with van der Waals surface area (Å²) in [4.78, 5) is 11.9. The molecular weight excluding hydrogens is 258 g/mol. The van der Waals surface area contributed by atoms with E-state index in [9.17, 15) is 4.79 Å².